The summed E-state index contributed by atoms with van der Waals surface area (Å²) in [5, 5.41) is 1.20. The van der Waals surface area contributed by atoms with Crippen LogP contribution in [0.2, 0.25) is 0 Å². The quantitative estimate of drug-likeness (QED) is 0.681. The molecular weight excluding hydrogens is 336 g/mol. The third-order valence-corrected chi connectivity index (χ3v) is 5.63. The maximum Gasteiger partial charge on any atom is 0.250 e. The zero-order valence-electron chi connectivity index (χ0n) is 16.2. The molecule has 27 heavy (non-hydrogen) atoms. The topological polar surface area (TPSA) is 34.5 Å². The monoisotopic (exact) mass is 360 g/mol. The third-order valence-electron chi connectivity index (χ3n) is 5.63. The molecule has 4 rings (SSSR count). The molecule has 1 unspecified atom stereocenters. The Morgan fingerprint density at radius 1 is 1.04 bits per heavy atom. The molecule has 0 bridgehead atoms. The van der Waals surface area contributed by atoms with E-state index in [1.54, 1.807) is 7.11 Å². The maximum absolute atomic E-state index is 13.0. The van der Waals surface area contributed by atoms with Crippen molar-refractivity contribution in [2.24, 2.45) is 7.05 Å². The Balaban J connectivity index is 1.76. The molecule has 0 radical (unpaired) electrons. The van der Waals surface area contributed by atoms with Gasteiger partial charge in [0.25, 0.3) is 5.91 Å². The van der Waals surface area contributed by atoms with Gasteiger partial charge >= 0.3 is 0 Å². The second kappa shape index (κ2) is 6.62. The molecule has 4 nitrogen and oxygen atoms in total. The number of nitrogens with zero attached hydrogens (tertiary/aromatic N) is 2. The van der Waals surface area contributed by atoms with Gasteiger partial charge in [-0.15, -0.1) is 0 Å². The average molecular weight is 360 g/mol. The number of carbonyl (C=O) groups excluding carboxylic acids is 1. The van der Waals surface area contributed by atoms with Gasteiger partial charge < -0.3 is 14.2 Å². The number of hydrogen-bond acceptors (Lipinski definition) is 2. The Labute approximate surface area is 159 Å². The van der Waals surface area contributed by atoms with Gasteiger partial charge in [-0.1, -0.05) is 30.3 Å². The van der Waals surface area contributed by atoms with Crippen molar-refractivity contribution in [3.05, 3.63) is 77.0 Å². The average Bonchev–Trinajstić information content (AvgIpc) is 3.12. The molecule has 2 heterocycles. The number of rotatable bonds is 4. The van der Waals surface area contributed by atoms with Crippen LogP contribution in [0.4, 0.5) is 0 Å². The minimum atomic E-state index is -0.0364. The number of amides is 1. The van der Waals surface area contributed by atoms with E-state index >= 15 is 0 Å². The van der Waals surface area contributed by atoms with Gasteiger partial charge in [-0.25, -0.2) is 0 Å². The van der Waals surface area contributed by atoms with E-state index in [0.717, 1.165) is 22.5 Å². The lowest BCUT2D eigenvalue weighted by Crippen LogP contribution is -2.29. The van der Waals surface area contributed by atoms with Crippen LogP contribution in [0.3, 0.4) is 0 Å². The lowest BCUT2D eigenvalue weighted by Gasteiger charge is -2.27. The number of hydrogen-bond donors (Lipinski definition) is 0. The van der Waals surface area contributed by atoms with Crippen molar-refractivity contribution in [3.63, 3.8) is 0 Å². The van der Waals surface area contributed by atoms with Crippen molar-refractivity contribution >= 4 is 16.8 Å². The summed E-state index contributed by atoms with van der Waals surface area (Å²) in [6.45, 7) is 4.59. The second-order valence-corrected chi connectivity index (χ2v) is 7.20. The second-order valence-electron chi connectivity index (χ2n) is 7.20. The lowest BCUT2D eigenvalue weighted by atomic mass is 9.98. The fourth-order valence-electron chi connectivity index (χ4n) is 4.02. The highest BCUT2D eigenvalue weighted by Gasteiger charge is 2.37. The predicted molar refractivity (Wildman–Crippen MR) is 108 cm³/mol. The van der Waals surface area contributed by atoms with E-state index in [-0.39, 0.29) is 11.9 Å². The molecule has 0 aliphatic carbocycles. The summed E-state index contributed by atoms with van der Waals surface area (Å²) in [6.07, 6.45) is 2.16. The largest absolute Gasteiger partial charge is 0.497 e. The minimum Gasteiger partial charge on any atom is -0.497 e. The molecule has 0 spiro atoms. The van der Waals surface area contributed by atoms with E-state index < -0.39 is 0 Å². The Morgan fingerprint density at radius 3 is 2.44 bits per heavy atom. The number of fused-ring (bicyclic) bond motifs is 1. The molecule has 3 aromatic rings. The summed E-state index contributed by atoms with van der Waals surface area (Å²) in [4.78, 5) is 15.0. The smallest absolute Gasteiger partial charge is 0.250 e. The number of carbonyl (C=O) groups is 1. The van der Waals surface area contributed by atoms with Crippen LogP contribution in [0.15, 0.2) is 65.9 Å². The fourth-order valence-corrected chi connectivity index (χ4v) is 4.02. The number of benzene rings is 2. The summed E-state index contributed by atoms with van der Waals surface area (Å²) >= 11 is 0. The highest BCUT2D eigenvalue weighted by atomic mass is 16.5. The molecule has 0 saturated carbocycles. The molecule has 1 aromatic heterocycles. The van der Waals surface area contributed by atoms with E-state index in [2.05, 4.69) is 49.0 Å². The molecule has 4 heteroatoms. The summed E-state index contributed by atoms with van der Waals surface area (Å²) < 4.78 is 7.38. The highest BCUT2D eigenvalue weighted by Crippen LogP contribution is 2.41. The molecule has 0 N–H and O–H groups in total. The van der Waals surface area contributed by atoms with Crippen LogP contribution in [0.5, 0.6) is 5.75 Å². The van der Waals surface area contributed by atoms with Gasteiger partial charge in [0, 0.05) is 41.8 Å². The minimum absolute atomic E-state index is 0.0364. The number of aromatic nitrogens is 1. The zero-order valence-corrected chi connectivity index (χ0v) is 16.2. The first-order valence-electron chi connectivity index (χ1n) is 9.16. The van der Waals surface area contributed by atoms with E-state index in [0.29, 0.717) is 6.54 Å². The molecule has 1 atom stereocenters. The first-order valence-corrected chi connectivity index (χ1v) is 9.16. The standard InChI is InChI=1S/C23H24N2O2/c1-15-16(2)23(26)25(13-17-9-11-18(27-4)12-10-17)22(15)20-14-24(3)21-8-6-5-7-19(20)21/h5-12,14,22H,13H2,1-4H3. The van der Waals surface area contributed by atoms with Gasteiger partial charge in [0.05, 0.1) is 13.2 Å². The molecule has 138 valence electrons. The van der Waals surface area contributed by atoms with Gasteiger partial charge in [-0.3, -0.25) is 4.79 Å². The van der Waals surface area contributed by atoms with Crippen LogP contribution in [-0.2, 0) is 18.4 Å². The first-order chi connectivity index (χ1) is 13.0. The van der Waals surface area contributed by atoms with E-state index in [1.165, 1.54) is 16.5 Å². The third kappa shape index (κ3) is 2.81. The summed E-state index contributed by atoms with van der Waals surface area (Å²) in [7, 11) is 3.72. The van der Waals surface area contributed by atoms with Crippen LogP contribution in [-0.4, -0.2) is 22.5 Å². The van der Waals surface area contributed by atoms with E-state index in [4.69, 9.17) is 4.74 Å². The van der Waals surface area contributed by atoms with Crippen molar-refractivity contribution in [3.8, 4) is 5.75 Å². The number of aryl methyl sites for hydroxylation is 1. The highest BCUT2D eigenvalue weighted by molar-refractivity contribution is 5.98. The van der Waals surface area contributed by atoms with Crippen LogP contribution in [0.1, 0.15) is 31.0 Å². The molecule has 0 saturated heterocycles. The van der Waals surface area contributed by atoms with Gasteiger partial charge in [0.2, 0.25) is 0 Å². The van der Waals surface area contributed by atoms with Crippen LogP contribution in [0, 0.1) is 0 Å². The molecular formula is C23H24N2O2. The Kier molecular flexibility index (Phi) is 4.27. The molecule has 1 amide bonds. The zero-order chi connectivity index (χ0) is 19.1. The van der Waals surface area contributed by atoms with Crippen LogP contribution in [0.25, 0.3) is 10.9 Å². The maximum atomic E-state index is 13.0. The molecule has 1 aliphatic heterocycles. The van der Waals surface area contributed by atoms with Gasteiger partial charge in [0.15, 0.2) is 0 Å². The van der Waals surface area contributed by atoms with E-state index in [1.807, 2.05) is 36.1 Å². The Hall–Kier alpha value is -3.01. The van der Waals surface area contributed by atoms with Crippen molar-refractivity contribution in [2.75, 3.05) is 7.11 Å². The first kappa shape index (κ1) is 17.4. The Morgan fingerprint density at radius 2 is 1.74 bits per heavy atom. The number of methoxy groups -OCH3 is 1. The summed E-state index contributed by atoms with van der Waals surface area (Å²) in [5.41, 5.74) is 5.44. The number of para-hydroxylation sites is 1. The van der Waals surface area contributed by atoms with E-state index in [9.17, 15) is 4.79 Å². The van der Waals surface area contributed by atoms with Gasteiger partial charge in [-0.05, 0) is 43.2 Å². The normalized spacial score (nSPS) is 17.3. The van der Waals surface area contributed by atoms with Crippen molar-refractivity contribution < 1.29 is 9.53 Å². The Bertz CT molecular complexity index is 1040. The van der Waals surface area contributed by atoms with Crippen LogP contribution < -0.4 is 4.74 Å². The van der Waals surface area contributed by atoms with Crippen molar-refractivity contribution in [2.45, 2.75) is 26.4 Å². The SMILES string of the molecule is COc1ccc(CN2C(=O)C(C)=C(C)C2c2cn(C)c3ccccc23)cc1. The molecule has 0 fully saturated rings. The molecule has 1 aliphatic rings. The van der Waals surface area contributed by atoms with Gasteiger partial charge in [0.1, 0.15) is 5.75 Å². The lowest BCUT2D eigenvalue weighted by molar-refractivity contribution is -0.127. The number of ether oxygens (including phenoxy) is 1. The molecule has 2 aromatic carbocycles. The summed E-state index contributed by atoms with van der Waals surface area (Å²) in [5.74, 6) is 0.934. The van der Waals surface area contributed by atoms with Crippen LogP contribution >= 0.6 is 0 Å². The predicted octanol–water partition coefficient (Wildman–Crippen LogP) is 4.61. The van der Waals surface area contributed by atoms with Crippen molar-refractivity contribution in [1.82, 2.24) is 9.47 Å². The fraction of sp³-hybridized carbons (Fsp3) is 0.261. The summed E-state index contributed by atoms with van der Waals surface area (Å²) in [6, 6.07) is 16.3. The van der Waals surface area contributed by atoms with Gasteiger partial charge in [-0.2, -0.15) is 0 Å². The van der Waals surface area contributed by atoms with Crippen molar-refractivity contribution in [1.29, 1.82) is 0 Å².